The molecule has 2 atom stereocenters. The summed E-state index contributed by atoms with van der Waals surface area (Å²) in [5.41, 5.74) is 3.95. The van der Waals surface area contributed by atoms with Crippen molar-refractivity contribution in [3.05, 3.63) is 76.3 Å². The Kier molecular flexibility index (Phi) is 8.82. The topological polar surface area (TPSA) is 91.0 Å². The van der Waals surface area contributed by atoms with E-state index in [0.717, 1.165) is 48.3 Å². The second-order valence-electron chi connectivity index (χ2n) is 10.4. The number of carbonyl (C=O) groups excluding carboxylic acids is 3. The monoisotopic (exact) mass is 594 g/mol. The van der Waals surface area contributed by atoms with Gasteiger partial charge in [0.2, 0.25) is 11.8 Å². The number of likely N-dealkylation sites (tertiary alicyclic amines) is 1. The number of para-hydroxylation sites is 1. The maximum atomic E-state index is 13.7. The number of anilines is 2. The summed E-state index contributed by atoms with van der Waals surface area (Å²) in [4.78, 5) is 42.0. The maximum absolute atomic E-state index is 13.7. The van der Waals surface area contributed by atoms with Gasteiger partial charge in [-0.15, -0.1) is 0 Å². The summed E-state index contributed by atoms with van der Waals surface area (Å²) in [6.07, 6.45) is 2.25. The number of amides is 3. The van der Waals surface area contributed by atoms with Gasteiger partial charge in [-0.25, -0.2) is 0 Å². The van der Waals surface area contributed by atoms with Gasteiger partial charge in [0, 0.05) is 30.8 Å². The van der Waals surface area contributed by atoms with Gasteiger partial charge >= 0.3 is 0 Å². The average molecular weight is 596 g/mol. The highest BCUT2D eigenvalue weighted by atomic mass is 35.5. The largest absolute Gasteiger partial charge is 0.482 e. The van der Waals surface area contributed by atoms with Gasteiger partial charge in [0.1, 0.15) is 11.8 Å². The number of benzene rings is 3. The van der Waals surface area contributed by atoms with E-state index in [9.17, 15) is 14.4 Å². The standard InChI is InChI=1S/C31H32Cl2N4O4/c1-19(37-28-15-24(32)25(33)16-29(28)41-18-30(37)39)31(40)35-27(17-36-13-5-6-14-36)22-11-9-21(10-12-22)23-7-3-4-8-26(23)34-20(2)38/h3-4,7-12,15-16,19,27H,5-6,13-14,17-18H2,1-2H3,(H,34,38)(H,35,40). The minimum atomic E-state index is -0.813. The van der Waals surface area contributed by atoms with Crippen LogP contribution in [0.5, 0.6) is 5.75 Å². The number of nitrogens with one attached hydrogen (secondary N) is 2. The van der Waals surface area contributed by atoms with E-state index in [1.54, 1.807) is 19.1 Å². The van der Waals surface area contributed by atoms with E-state index in [2.05, 4.69) is 15.5 Å². The number of hydrogen-bond donors (Lipinski definition) is 2. The summed E-state index contributed by atoms with van der Waals surface area (Å²) >= 11 is 12.4. The van der Waals surface area contributed by atoms with Gasteiger partial charge in [0.25, 0.3) is 5.91 Å². The van der Waals surface area contributed by atoms with Gasteiger partial charge in [-0.2, -0.15) is 0 Å². The number of rotatable bonds is 8. The molecule has 0 aliphatic carbocycles. The van der Waals surface area contributed by atoms with Crippen molar-refractivity contribution in [2.24, 2.45) is 0 Å². The predicted molar refractivity (Wildman–Crippen MR) is 162 cm³/mol. The highest BCUT2D eigenvalue weighted by Gasteiger charge is 2.35. The fourth-order valence-corrected chi connectivity index (χ4v) is 5.70. The van der Waals surface area contributed by atoms with Gasteiger partial charge < -0.3 is 20.3 Å². The number of carbonyl (C=O) groups is 3. The summed E-state index contributed by atoms with van der Waals surface area (Å²) in [7, 11) is 0. The molecule has 2 aliphatic rings. The van der Waals surface area contributed by atoms with E-state index in [-0.39, 0.29) is 35.4 Å². The third-order valence-electron chi connectivity index (χ3n) is 7.47. The Morgan fingerprint density at radius 1 is 1.00 bits per heavy atom. The molecule has 2 N–H and O–H groups in total. The lowest BCUT2D eigenvalue weighted by molar-refractivity contribution is -0.128. The van der Waals surface area contributed by atoms with Crippen LogP contribution in [0, 0.1) is 0 Å². The van der Waals surface area contributed by atoms with Crippen molar-refractivity contribution in [2.75, 3.05) is 36.5 Å². The summed E-state index contributed by atoms with van der Waals surface area (Å²) in [5.74, 6) is -0.357. The minimum absolute atomic E-state index is 0.136. The van der Waals surface area contributed by atoms with E-state index in [4.69, 9.17) is 27.9 Å². The van der Waals surface area contributed by atoms with Crippen molar-refractivity contribution in [3.8, 4) is 16.9 Å². The summed E-state index contributed by atoms with van der Waals surface area (Å²) in [6, 6.07) is 17.6. The first kappa shape index (κ1) is 28.9. The second-order valence-corrected chi connectivity index (χ2v) is 11.2. The van der Waals surface area contributed by atoms with Crippen LogP contribution in [0.25, 0.3) is 11.1 Å². The molecular formula is C31H32Cl2N4O4. The lowest BCUT2D eigenvalue weighted by Gasteiger charge is -2.34. The van der Waals surface area contributed by atoms with Crippen LogP contribution in [0.4, 0.5) is 11.4 Å². The first-order valence-corrected chi connectivity index (χ1v) is 14.4. The SMILES string of the molecule is CC(=O)Nc1ccccc1-c1ccc(C(CN2CCCC2)NC(=O)C(C)N2C(=O)COc3cc(Cl)c(Cl)cc32)cc1. The third kappa shape index (κ3) is 6.50. The van der Waals surface area contributed by atoms with Gasteiger partial charge in [0.05, 0.1) is 21.8 Å². The molecular weight excluding hydrogens is 563 g/mol. The van der Waals surface area contributed by atoms with E-state index < -0.39 is 6.04 Å². The lowest BCUT2D eigenvalue weighted by atomic mass is 9.99. The van der Waals surface area contributed by atoms with E-state index in [1.807, 2.05) is 48.5 Å². The van der Waals surface area contributed by atoms with Crippen molar-refractivity contribution in [2.45, 2.75) is 38.8 Å². The minimum Gasteiger partial charge on any atom is -0.482 e. The van der Waals surface area contributed by atoms with Gasteiger partial charge in [-0.05, 0) is 56.1 Å². The molecule has 0 radical (unpaired) electrons. The second kappa shape index (κ2) is 12.5. The zero-order valence-electron chi connectivity index (χ0n) is 23.0. The molecule has 3 amide bonds. The zero-order chi connectivity index (χ0) is 29.1. The Bertz CT molecular complexity index is 1460. The number of ether oxygens (including phenoxy) is 1. The Labute approximate surface area is 249 Å². The fraction of sp³-hybridized carbons (Fsp3) is 0.323. The van der Waals surface area contributed by atoms with Gasteiger partial charge in [0.15, 0.2) is 6.61 Å². The molecule has 8 nitrogen and oxygen atoms in total. The molecule has 41 heavy (non-hydrogen) atoms. The summed E-state index contributed by atoms with van der Waals surface area (Å²) in [6.45, 7) is 5.58. The van der Waals surface area contributed by atoms with Crippen LogP contribution in [-0.2, 0) is 14.4 Å². The zero-order valence-corrected chi connectivity index (χ0v) is 24.5. The van der Waals surface area contributed by atoms with E-state index in [0.29, 0.717) is 23.0 Å². The van der Waals surface area contributed by atoms with Crippen LogP contribution < -0.4 is 20.3 Å². The summed E-state index contributed by atoms with van der Waals surface area (Å²) < 4.78 is 5.55. The summed E-state index contributed by atoms with van der Waals surface area (Å²) in [5, 5.41) is 6.67. The predicted octanol–water partition coefficient (Wildman–Crippen LogP) is 5.69. The maximum Gasteiger partial charge on any atom is 0.265 e. The molecule has 5 rings (SSSR count). The smallest absolute Gasteiger partial charge is 0.265 e. The first-order valence-electron chi connectivity index (χ1n) is 13.6. The fourth-order valence-electron chi connectivity index (χ4n) is 5.39. The molecule has 1 saturated heterocycles. The molecule has 2 aliphatic heterocycles. The molecule has 0 bridgehead atoms. The van der Waals surface area contributed by atoms with Gasteiger partial charge in [-0.1, -0.05) is 65.7 Å². The number of hydrogen-bond acceptors (Lipinski definition) is 5. The van der Waals surface area contributed by atoms with Crippen molar-refractivity contribution in [1.29, 1.82) is 0 Å². The van der Waals surface area contributed by atoms with Crippen LogP contribution in [0.15, 0.2) is 60.7 Å². The first-order chi connectivity index (χ1) is 19.7. The Hall–Kier alpha value is -3.59. The molecule has 3 aromatic rings. The molecule has 0 spiro atoms. The van der Waals surface area contributed by atoms with Crippen LogP contribution in [-0.4, -0.2) is 54.9 Å². The normalized spacial score (nSPS) is 16.5. The molecule has 1 fully saturated rings. The molecule has 0 saturated carbocycles. The quantitative estimate of drug-likeness (QED) is 0.350. The lowest BCUT2D eigenvalue weighted by Crippen LogP contribution is -2.52. The Morgan fingerprint density at radius 2 is 1.68 bits per heavy atom. The third-order valence-corrected chi connectivity index (χ3v) is 8.19. The number of fused-ring (bicyclic) bond motifs is 1. The van der Waals surface area contributed by atoms with Crippen LogP contribution in [0.2, 0.25) is 10.0 Å². The Balaban J connectivity index is 1.39. The van der Waals surface area contributed by atoms with E-state index in [1.165, 1.54) is 11.8 Å². The van der Waals surface area contributed by atoms with Crippen molar-refractivity contribution >= 4 is 52.3 Å². The van der Waals surface area contributed by atoms with E-state index >= 15 is 0 Å². The van der Waals surface area contributed by atoms with Crippen molar-refractivity contribution in [1.82, 2.24) is 10.2 Å². The molecule has 2 unspecified atom stereocenters. The number of halogens is 2. The molecule has 2 heterocycles. The van der Waals surface area contributed by atoms with Crippen LogP contribution >= 0.6 is 23.2 Å². The molecule has 3 aromatic carbocycles. The highest BCUT2D eigenvalue weighted by Crippen LogP contribution is 2.40. The molecule has 214 valence electrons. The van der Waals surface area contributed by atoms with Crippen LogP contribution in [0.1, 0.15) is 38.3 Å². The molecule has 0 aromatic heterocycles. The van der Waals surface area contributed by atoms with Crippen LogP contribution in [0.3, 0.4) is 0 Å². The molecule has 10 heteroatoms. The van der Waals surface area contributed by atoms with Gasteiger partial charge in [-0.3, -0.25) is 19.3 Å². The highest BCUT2D eigenvalue weighted by molar-refractivity contribution is 6.42. The number of nitrogens with zero attached hydrogens (tertiary/aromatic N) is 2. The van der Waals surface area contributed by atoms with Crippen molar-refractivity contribution in [3.63, 3.8) is 0 Å². The average Bonchev–Trinajstić information content (AvgIpc) is 3.47. The van der Waals surface area contributed by atoms with Crippen molar-refractivity contribution < 1.29 is 19.1 Å². The Morgan fingerprint density at radius 3 is 2.39 bits per heavy atom.